The highest BCUT2D eigenvalue weighted by Gasteiger charge is 2.45. The smallest absolute Gasteiger partial charge is 0.248 e. The van der Waals surface area contributed by atoms with Crippen LogP contribution in [0.3, 0.4) is 0 Å². The average Bonchev–Trinajstić information content (AvgIpc) is 2.33. The molecule has 1 aromatic rings. The first kappa shape index (κ1) is 9.43. The molecule has 0 saturated heterocycles. The second kappa shape index (κ2) is 2.93. The van der Waals surface area contributed by atoms with Gasteiger partial charge in [0.2, 0.25) is 5.92 Å². The Labute approximate surface area is 80.9 Å². The number of rotatable bonds is 2. The van der Waals surface area contributed by atoms with Crippen molar-refractivity contribution in [1.82, 2.24) is 9.78 Å². The Morgan fingerprint density at radius 1 is 1.64 bits per heavy atom. The van der Waals surface area contributed by atoms with E-state index in [0.29, 0.717) is 12.2 Å². The largest absolute Gasteiger partial charge is 0.396 e. The molecule has 0 bridgehead atoms. The molecule has 0 unspecified atom stereocenters. The molecule has 0 spiro atoms. The van der Waals surface area contributed by atoms with Gasteiger partial charge >= 0.3 is 0 Å². The molecule has 1 aliphatic carbocycles. The fraction of sp³-hybridized carbons (Fsp3) is 0.667. The lowest BCUT2D eigenvalue weighted by molar-refractivity contribution is -0.114. The van der Waals surface area contributed by atoms with Gasteiger partial charge < -0.3 is 5.73 Å². The van der Waals surface area contributed by atoms with Gasteiger partial charge in [-0.2, -0.15) is 5.10 Å². The number of nitrogens with zero attached hydrogens (tertiary/aromatic N) is 2. The summed E-state index contributed by atoms with van der Waals surface area (Å²) in [5, 5.41) is 4.03. The molecule has 1 heterocycles. The molecule has 2 N–H and O–H groups in total. The van der Waals surface area contributed by atoms with E-state index in [9.17, 15) is 8.78 Å². The van der Waals surface area contributed by atoms with E-state index in [1.807, 2.05) is 6.92 Å². The standard InChI is InChI=1S/C9H13F2N3/c1-6-8(12)4-13-14(6)5-7-2-9(10,11)3-7/h4,7H,2-3,5,12H2,1H3. The van der Waals surface area contributed by atoms with Crippen molar-refractivity contribution in [3.63, 3.8) is 0 Å². The van der Waals surface area contributed by atoms with Crippen molar-refractivity contribution in [2.24, 2.45) is 5.92 Å². The summed E-state index contributed by atoms with van der Waals surface area (Å²) in [6.07, 6.45) is 1.52. The van der Waals surface area contributed by atoms with Crippen molar-refractivity contribution in [2.45, 2.75) is 32.2 Å². The third kappa shape index (κ3) is 1.58. The molecule has 14 heavy (non-hydrogen) atoms. The summed E-state index contributed by atoms with van der Waals surface area (Å²) in [4.78, 5) is 0. The van der Waals surface area contributed by atoms with Gasteiger partial charge in [0.1, 0.15) is 0 Å². The quantitative estimate of drug-likeness (QED) is 0.793. The summed E-state index contributed by atoms with van der Waals surface area (Å²) in [6, 6.07) is 0. The Balaban J connectivity index is 1.97. The second-order valence-corrected chi connectivity index (χ2v) is 4.00. The van der Waals surface area contributed by atoms with Crippen LogP contribution in [0.15, 0.2) is 6.20 Å². The summed E-state index contributed by atoms with van der Waals surface area (Å²) < 4.78 is 26.8. The molecule has 0 radical (unpaired) electrons. The number of anilines is 1. The third-order valence-electron chi connectivity index (χ3n) is 2.75. The lowest BCUT2D eigenvalue weighted by Gasteiger charge is -2.34. The maximum absolute atomic E-state index is 12.5. The van der Waals surface area contributed by atoms with Gasteiger partial charge in [-0.1, -0.05) is 0 Å². The van der Waals surface area contributed by atoms with Gasteiger partial charge in [-0.05, 0) is 12.8 Å². The number of nitrogen functional groups attached to an aromatic ring is 1. The van der Waals surface area contributed by atoms with Gasteiger partial charge in [0.05, 0.1) is 17.6 Å². The monoisotopic (exact) mass is 201 g/mol. The van der Waals surface area contributed by atoms with Crippen molar-refractivity contribution in [2.75, 3.05) is 5.73 Å². The molecule has 5 heteroatoms. The molecule has 0 amide bonds. The summed E-state index contributed by atoms with van der Waals surface area (Å²) in [5.41, 5.74) is 7.08. The van der Waals surface area contributed by atoms with Crippen LogP contribution in [-0.4, -0.2) is 15.7 Å². The predicted octanol–water partition coefficient (Wildman–Crippen LogP) is 1.82. The summed E-state index contributed by atoms with van der Waals surface area (Å²) in [7, 11) is 0. The lowest BCUT2D eigenvalue weighted by atomic mass is 9.81. The normalized spacial score (nSPS) is 20.8. The first-order chi connectivity index (χ1) is 6.48. The van der Waals surface area contributed by atoms with Gasteiger partial charge in [-0.25, -0.2) is 8.78 Å². The zero-order valence-corrected chi connectivity index (χ0v) is 8.00. The van der Waals surface area contributed by atoms with E-state index in [1.54, 1.807) is 10.9 Å². The van der Waals surface area contributed by atoms with Crippen LogP contribution in [-0.2, 0) is 6.54 Å². The van der Waals surface area contributed by atoms with Crippen molar-refractivity contribution in [3.8, 4) is 0 Å². The van der Waals surface area contributed by atoms with E-state index in [4.69, 9.17) is 5.73 Å². The van der Waals surface area contributed by atoms with Gasteiger partial charge in [0.15, 0.2) is 0 Å². The number of hydrogen-bond acceptors (Lipinski definition) is 2. The molecular weight excluding hydrogens is 188 g/mol. The number of alkyl halides is 2. The highest BCUT2D eigenvalue weighted by Crippen LogP contribution is 2.43. The Morgan fingerprint density at radius 2 is 2.29 bits per heavy atom. The van der Waals surface area contributed by atoms with Gasteiger partial charge in [-0.15, -0.1) is 0 Å². The molecule has 1 saturated carbocycles. The highest BCUT2D eigenvalue weighted by molar-refractivity contribution is 5.39. The predicted molar refractivity (Wildman–Crippen MR) is 49.0 cm³/mol. The number of halogens is 2. The molecule has 2 rings (SSSR count). The molecule has 3 nitrogen and oxygen atoms in total. The minimum atomic E-state index is -2.45. The van der Waals surface area contributed by atoms with Crippen LogP contribution in [0.1, 0.15) is 18.5 Å². The Kier molecular flexibility index (Phi) is 1.97. The van der Waals surface area contributed by atoms with Crippen LogP contribution in [0.25, 0.3) is 0 Å². The van der Waals surface area contributed by atoms with E-state index in [1.165, 1.54) is 0 Å². The highest BCUT2D eigenvalue weighted by atomic mass is 19.3. The van der Waals surface area contributed by atoms with Crippen LogP contribution in [0, 0.1) is 12.8 Å². The first-order valence-corrected chi connectivity index (χ1v) is 4.64. The lowest BCUT2D eigenvalue weighted by Crippen LogP contribution is -2.38. The topological polar surface area (TPSA) is 43.8 Å². The van der Waals surface area contributed by atoms with Gasteiger partial charge in [0, 0.05) is 19.4 Å². The molecule has 1 aromatic heterocycles. The van der Waals surface area contributed by atoms with Crippen molar-refractivity contribution < 1.29 is 8.78 Å². The van der Waals surface area contributed by atoms with Gasteiger partial charge in [0.25, 0.3) is 0 Å². The summed E-state index contributed by atoms with van der Waals surface area (Å²) in [5.74, 6) is -2.40. The van der Waals surface area contributed by atoms with E-state index in [0.717, 1.165) is 5.69 Å². The maximum atomic E-state index is 12.5. The van der Waals surface area contributed by atoms with Crippen molar-refractivity contribution >= 4 is 5.69 Å². The molecule has 0 aliphatic heterocycles. The number of nitrogens with two attached hydrogens (primary N) is 1. The molecule has 1 aliphatic rings. The van der Waals surface area contributed by atoms with Crippen LogP contribution >= 0.6 is 0 Å². The number of aromatic nitrogens is 2. The molecule has 78 valence electrons. The third-order valence-corrected chi connectivity index (χ3v) is 2.75. The molecule has 1 fully saturated rings. The Hall–Kier alpha value is -1.13. The second-order valence-electron chi connectivity index (χ2n) is 4.00. The summed E-state index contributed by atoms with van der Waals surface area (Å²) in [6.45, 7) is 2.40. The molecule has 0 atom stereocenters. The van der Waals surface area contributed by atoms with Gasteiger partial charge in [-0.3, -0.25) is 4.68 Å². The van der Waals surface area contributed by atoms with E-state index < -0.39 is 5.92 Å². The van der Waals surface area contributed by atoms with Crippen molar-refractivity contribution in [3.05, 3.63) is 11.9 Å². The van der Waals surface area contributed by atoms with E-state index in [2.05, 4.69) is 5.10 Å². The fourth-order valence-corrected chi connectivity index (χ4v) is 1.80. The zero-order chi connectivity index (χ0) is 10.3. The van der Waals surface area contributed by atoms with Crippen molar-refractivity contribution in [1.29, 1.82) is 0 Å². The maximum Gasteiger partial charge on any atom is 0.248 e. The van der Waals surface area contributed by atoms with Crippen LogP contribution in [0.2, 0.25) is 0 Å². The molecular formula is C9H13F2N3. The van der Waals surface area contributed by atoms with E-state index in [-0.39, 0.29) is 18.8 Å². The van der Waals surface area contributed by atoms with Crippen LogP contribution < -0.4 is 5.73 Å². The minimum absolute atomic E-state index is 0.0216. The van der Waals surface area contributed by atoms with Crippen LogP contribution in [0.5, 0.6) is 0 Å². The summed E-state index contributed by atoms with van der Waals surface area (Å²) >= 11 is 0. The fourth-order valence-electron chi connectivity index (χ4n) is 1.80. The van der Waals surface area contributed by atoms with E-state index >= 15 is 0 Å². The van der Waals surface area contributed by atoms with Crippen LogP contribution in [0.4, 0.5) is 14.5 Å². The Bertz CT molecular complexity index is 338. The SMILES string of the molecule is Cc1c(N)cnn1CC1CC(F)(F)C1. The Morgan fingerprint density at radius 3 is 2.71 bits per heavy atom. The first-order valence-electron chi connectivity index (χ1n) is 4.64. The average molecular weight is 201 g/mol. The minimum Gasteiger partial charge on any atom is -0.396 e. The number of hydrogen-bond donors (Lipinski definition) is 1. The zero-order valence-electron chi connectivity index (χ0n) is 8.00. The molecule has 0 aromatic carbocycles.